The minimum atomic E-state index is -0.122. The average Bonchev–Trinajstić information content (AvgIpc) is 2.44. The summed E-state index contributed by atoms with van der Waals surface area (Å²) in [4.78, 5) is 16.6. The van der Waals surface area contributed by atoms with E-state index in [1.54, 1.807) is 6.07 Å². The molecule has 1 heterocycles. The highest BCUT2D eigenvalue weighted by atomic mass is 35.5. The number of halogens is 1. The number of carbonyl (C=O) groups excluding carboxylic acids is 1. The Morgan fingerprint density at radius 1 is 1.29 bits per heavy atom. The molecule has 4 heteroatoms. The second-order valence-corrected chi connectivity index (χ2v) is 7.42. The van der Waals surface area contributed by atoms with E-state index < -0.39 is 0 Å². The van der Waals surface area contributed by atoms with Gasteiger partial charge < -0.3 is 5.32 Å². The lowest BCUT2D eigenvalue weighted by molar-refractivity contribution is 0.0943. The zero-order valence-electron chi connectivity index (χ0n) is 13.2. The van der Waals surface area contributed by atoms with Crippen molar-refractivity contribution < 1.29 is 4.79 Å². The van der Waals surface area contributed by atoms with Crippen LogP contribution in [0.25, 0.3) is 0 Å². The molecule has 0 aliphatic heterocycles. The van der Waals surface area contributed by atoms with E-state index in [1.165, 1.54) is 32.1 Å². The SMILES string of the molecule is CC(C)(C)c1cc(C(=O)NCC2CCCCC2)cc(Cl)n1. The molecule has 116 valence electrons. The topological polar surface area (TPSA) is 42.0 Å². The number of aromatic nitrogens is 1. The molecule has 0 atom stereocenters. The minimum absolute atomic E-state index is 0.0460. The molecule has 0 spiro atoms. The molecule has 0 unspecified atom stereocenters. The van der Waals surface area contributed by atoms with Gasteiger partial charge in [-0.3, -0.25) is 4.79 Å². The van der Waals surface area contributed by atoms with E-state index in [9.17, 15) is 4.79 Å². The van der Waals surface area contributed by atoms with Crippen molar-refractivity contribution in [3.8, 4) is 0 Å². The highest BCUT2D eigenvalue weighted by Crippen LogP contribution is 2.24. The van der Waals surface area contributed by atoms with Gasteiger partial charge in [0.15, 0.2) is 0 Å². The first-order valence-electron chi connectivity index (χ1n) is 7.82. The molecule has 2 rings (SSSR count). The molecular weight excluding hydrogens is 284 g/mol. The van der Waals surface area contributed by atoms with Crippen LogP contribution in [0.1, 0.15) is 68.9 Å². The van der Waals surface area contributed by atoms with Crippen molar-refractivity contribution in [2.24, 2.45) is 5.92 Å². The Labute approximate surface area is 132 Å². The van der Waals surface area contributed by atoms with Crippen molar-refractivity contribution >= 4 is 17.5 Å². The van der Waals surface area contributed by atoms with Gasteiger partial charge in [0.05, 0.1) is 0 Å². The van der Waals surface area contributed by atoms with Gasteiger partial charge in [0.1, 0.15) is 5.15 Å². The highest BCUT2D eigenvalue weighted by molar-refractivity contribution is 6.29. The van der Waals surface area contributed by atoms with Crippen molar-refractivity contribution in [2.45, 2.75) is 58.3 Å². The summed E-state index contributed by atoms with van der Waals surface area (Å²) in [6, 6.07) is 3.50. The Kier molecular flexibility index (Phi) is 5.26. The van der Waals surface area contributed by atoms with Gasteiger partial charge in [-0.2, -0.15) is 0 Å². The lowest BCUT2D eigenvalue weighted by Gasteiger charge is -2.22. The molecule has 1 amide bonds. The first-order chi connectivity index (χ1) is 9.86. The van der Waals surface area contributed by atoms with E-state index >= 15 is 0 Å². The van der Waals surface area contributed by atoms with Gasteiger partial charge in [-0.05, 0) is 30.9 Å². The maximum atomic E-state index is 12.3. The predicted molar refractivity (Wildman–Crippen MR) is 86.9 cm³/mol. The second kappa shape index (κ2) is 6.78. The number of hydrogen-bond donors (Lipinski definition) is 1. The minimum Gasteiger partial charge on any atom is -0.352 e. The predicted octanol–water partition coefficient (Wildman–Crippen LogP) is 4.34. The van der Waals surface area contributed by atoms with Crippen molar-refractivity contribution in [1.82, 2.24) is 10.3 Å². The summed E-state index contributed by atoms with van der Waals surface area (Å²) < 4.78 is 0. The molecule has 0 aromatic carbocycles. The summed E-state index contributed by atoms with van der Waals surface area (Å²) in [5.41, 5.74) is 1.33. The zero-order valence-corrected chi connectivity index (χ0v) is 14.0. The fraction of sp³-hybridized carbons (Fsp3) is 0.647. The number of pyridine rings is 1. The number of carbonyl (C=O) groups is 1. The maximum absolute atomic E-state index is 12.3. The van der Waals surface area contributed by atoms with Crippen LogP contribution in [-0.2, 0) is 5.41 Å². The van der Waals surface area contributed by atoms with Crippen LogP contribution < -0.4 is 5.32 Å². The molecule has 1 aliphatic rings. The Morgan fingerprint density at radius 2 is 1.95 bits per heavy atom. The number of hydrogen-bond acceptors (Lipinski definition) is 2. The number of nitrogens with one attached hydrogen (secondary N) is 1. The molecule has 21 heavy (non-hydrogen) atoms. The van der Waals surface area contributed by atoms with E-state index in [4.69, 9.17) is 11.6 Å². The molecule has 1 saturated carbocycles. The number of nitrogens with zero attached hydrogens (tertiary/aromatic N) is 1. The molecule has 1 fully saturated rings. The fourth-order valence-electron chi connectivity index (χ4n) is 2.74. The summed E-state index contributed by atoms with van der Waals surface area (Å²) in [5, 5.41) is 3.43. The van der Waals surface area contributed by atoms with Crippen LogP contribution >= 0.6 is 11.6 Å². The average molecular weight is 309 g/mol. The third kappa shape index (κ3) is 4.70. The summed E-state index contributed by atoms with van der Waals surface area (Å²) in [6.07, 6.45) is 6.36. The smallest absolute Gasteiger partial charge is 0.251 e. The third-order valence-corrected chi connectivity index (χ3v) is 4.29. The van der Waals surface area contributed by atoms with Crippen LogP contribution in [0.4, 0.5) is 0 Å². The Hall–Kier alpha value is -1.09. The normalized spacial score (nSPS) is 16.8. The summed E-state index contributed by atoms with van der Waals surface area (Å²) in [6.45, 7) is 6.96. The van der Waals surface area contributed by atoms with Gasteiger partial charge >= 0.3 is 0 Å². The van der Waals surface area contributed by atoms with Crippen molar-refractivity contribution in [2.75, 3.05) is 6.54 Å². The standard InChI is InChI=1S/C17H25ClN2O/c1-17(2,3)14-9-13(10-15(18)20-14)16(21)19-11-12-7-5-4-6-8-12/h9-10,12H,4-8,11H2,1-3H3,(H,19,21). The lowest BCUT2D eigenvalue weighted by Crippen LogP contribution is -2.30. The first kappa shape index (κ1) is 16.3. The Bertz CT molecular complexity index is 502. The van der Waals surface area contributed by atoms with Gasteiger partial charge in [0.2, 0.25) is 0 Å². The Balaban J connectivity index is 2.03. The van der Waals surface area contributed by atoms with Gasteiger partial charge in [0.25, 0.3) is 5.91 Å². The molecule has 1 N–H and O–H groups in total. The molecule has 1 aromatic heterocycles. The van der Waals surface area contributed by atoms with Crippen LogP contribution in [0.3, 0.4) is 0 Å². The Morgan fingerprint density at radius 3 is 2.57 bits per heavy atom. The van der Waals surface area contributed by atoms with Crippen molar-refractivity contribution in [1.29, 1.82) is 0 Å². The van der Waals surface area contributed by atoms with E-state index in [-0.39, 0.29) is 11.3 Å². The molecule has 0 bridgehead atoms. The van der Waals surface area contributed by atoms with Crippen molar-refractivity contribution in [3.63, 3.8) is 0 Å². The van der Waals surface area contributed by atoms with Gasteiger partial charge in [0, 0.05) is 23.2 Å². The monoisotopic (exact) mass is 308 g/mol. The first-order valence-corrected chi connectivity index (χ1v) is 8.20. The van der Waals surface area contributed by atoms with E-state index in [0.717, 1.165) is 12.2 Å². The van der Waals surface area contributed by atoms with Crippen LogP contribution in [-0.4, -0.2) is 17.4 Å². The largest absolute Gasteiger partial charge is 0.352 e. The van der Waals surface area contributed by atoms with Gasteiger partial charge in [-0.25, -0.2) is 4.98 Å². The van der Waals surface area contributed by atoms with Crippen LogP contribution in [0.2, 0.25) is 5.15 Å². The summed E-state index contributed by atoms with van der Waals surface area (Å²) >= 11 is 6.06. The summed E-state index contributed by atoms with van der Waals surface area (Å²) in [5.74, 6) is 0.581. The lowest BCUT2D eigenvalue weighted by atomic mass is 9.89. The zero-order chi connectivity index (χ0) is 15.5. The fourth-order valence-corrected chi connectivity index (χ4v) is 2.95. The van der Waals surface area contributed by atoms with Crippen LogP contribution in [0, 0.1) is 5.92 Å². The second-order valence-electron chi connectivity index (χ2n) is 7.03. The maximum Gasteiger partial charge on any atom is 0.251 e. The van der Waals surface area contributed by atoms with Crippen molar-refractivity contribution in [3.05, 3.63) is 28.5 Å². The molecule has 3 nitrogen and oxygen atoms in total. The third-order valence-electron chi connectivity index (χ3n) is 4.10. The molecule has 0 saturated heterocycles. The number of amides is 1. The molecule has 0 radical (unpaired) electrons. The van der Waals surface area contributed by atoms with E-state index in [2.05, 4.69) is 31.1 Å². The molecule has 1 aromatic rings. The summed E-state index contributed by atoms with van der Waals surface area (Å²) in [7, 11) is 0. The van der Waals surface area contributed by atoms with E-state index in [1.807, 2.05) is 6.07 Å². The highest BCUT2D eigenvalue weighted by Gasteiger charge is 2.20. The van der Waals surface area contributed by atoms with Crippen LogP contribution in [0.15, 0.2) is 12.1 Å². The van der Waals surface area contributed by atoms with Crippen LogP contribution in [0.5, 0.6) is 0 Å². The van der Waals surface area contributed by atoms with Gasteiger partial charge in [-0.1, -0.05) is 51.6 Å². The quantitative estimate of drug-likeness (QED) is 0.844. The number of rotatable bonds is 3. The molecular formula is C17H25ClN2O. The molecule has 1 aliphatic carbocycles. The van der Waals surface area contributed by atoms with E-state index in [0.29, 0.717) is 16.6 Å². The van der Waals surface area contributed by atoms with Gasteiger partial charge in [-0.15, -0.1) is 0 Å².